The number of rotatable bonds is 6. The zero-order valence-electron chi connectivity index (χ0n) is 9.99. The molecule has 1 unspecified atom stereocenters. The predicted octanol–water partition coefficient (Wildman–Crippen LogP) is 3.47. The first kappa shape index (κ1) is 13.2. The van der Waals surface area contributed by atoms with E-state index >= 15 is 0 Å². The molecule has 0 saturated heterocycles. The second-order valence-corrected chi connectivity index (χ2v) is 4.50. The Morgan fingerprint density at radius 2 is 2.19 bits per heavy atom. The average molecular weight is 233 g/mol. The molecule has 0 aliphatic heterocycles. The second-order valence-electron chi connectivity index (χ2n) is 3.66. The fraction of sp³-hybridized carbons (Fsp3) is 0.429. The van der Waals surface area contributed by atoms with Crippen LogP contribution in [-0.2, 0) is 0 Å². The van der Waals surface area contributed by atoms with Crippen LogP contribution in [0.3, 0.4) is 0 Å². The van der Waals surface area contributed by atoms with Crippen LogP contribution in [0, 0.1) is 12.3 Å². The smallest absolute Gasteiger partial charge is 0.0441 e. The van der Waals surface area contributed by atoms with Gasteiger partial charge in [0.05, 0.1) is 0 Å². The Balaban J connectivity index is 2.87. The highest BCUT2D eigenvalue weighted by Crippen LogP contribution is 2.27. The van der Waals surface area contributed by atoms with Gasteiger partial charge >= 0.3 is 0 Å². The van der Waals surface area contributed by atoms with E-state index in [2.05, 4.69) is 48.7 Å². The molecule has 0 bridgehead atoms. The molecule has 0 fully saturated rings. The van der Waals surface area contributed by atoms with Gasteiger partial charge in [0.1, 0.15) is 0 Å². The van der Waals surface area contributed by atoms with Crippen LogP contribution in [0.5, 0.6) is 0 Å². The van der Waals surface area contributed by atoms with Gasteiger partial charge in [-0.05, 0) is 30.9 Å². The number of hydrogen-bond donors (Lipinski definition) is 1. The molecule has 16 heavy (non-hydrogen) atoms. The van der Waals surface area contributed by atoms with Gasteiger partial charge in [0, 0.05) is 17.4 Å². The van der Waals surface area contributed by atoms with Gasteiger partial charge in [-0.1, -0.05) is 25.1 Å². The van der Waals surface area contributed by atoms with Gasteiger partial charge in [-0.2, -0.15) is 0 Å². The van der Waals surface area contributed by atoms with Crippen molar-refractivity contribution in [3.8, 4) is 12.3 Å². The number of thioether (sulfide) groups is 1. The summed E-state index contributed by atoms with van der Waals surface area (Å²) in [4.78, 5) is 1.31. The van der Waals surface area contributed by atoms with Gasteiger partial charge in [-0.15, -0.1) is 24.1 Å². The Morgan fingerprint density at radius 3 is 2.81 bits per heavy atom. The van der Waals surface area contributed by atoms with Gasteiger partial charge in [-0.3, -0.25) is 0 Å². The van der Waals surface area contributed by atoms with E-state index in [0.29, 0.717) is 0 Å². The monoisotopic (exact) mass is 233 g/mol. The first-order chi connectivity index (χ1) is 7.83. The SMILES string of the molecule is C#CCC(NCCC)c1ccccc1SC. The Labute approximate surface area is 103 Å². The third-order valence-corrected chi connectivity index (χ3v) is 3.29. The molecule has 1 atom stereocenters. The summed E-state index contributed by atoms with van der Waals surface area (Å²) in [6, 6.07) is 8.75. The van der Waals surface area contributed by atoms with Crippen molar-refractivity contribution in [3.63, 3.8) is 0 Å². The van der Waals surface area contributed by atoms with Gasteiger partial charge < -0.3 is 5.32 Å². The lowest BCUT2D eigenvalue weighted by Crippen LogP contribution is -2.22. The molecule has 86 valence electrons. The van der Waals surface area contributed by atoms with Crippen molar-refractivity contribution in [3.05, 3.63) is 29.8 Å². The van der Waals surface area contributed by atoms with Crippen molar-refractivity contribution in [1.82, 2.24) is 5.32 Å². The van der Waals surface area contributed by atoms with Crippen molar-refractivity contribution >= 4 is 11.8 Å². The predicted molar refractivity (Wildman–Crippen MR) is 72.7 cm³/mol. The maximum absolute atomic E-state index is 5.43. The maximum atomic E-state index is 5.43. The van der Waals surface area contributed by atoms with Crippen LogP contribution >= 0.6 is 11.8 Å². The summed E-state index contributed by atoms with van der Waals surface area (Å²) in [5.74, 6) is 2.75. The van der Waals surface area contributed by atoms with Crippen LogP contribution in [0.15, 0.2) is 29.2 Å². The third kappa shape index (κ3) is 3.59. The maximum Gasteiger partial charge on any atom is 0.0441 e. The normalized spacial score (nSPS) is 12.1. The van der Waals surface area contributed by atoms with Crippen molar-refractivity contribution < 1.29 is 0 Å². The molecule has 1 N–H and O–H groups in total. The minimum Gasteiger partial charge on any atom is -0.309 e. The first-order valence-corrected chi connectivity index (χ1v) is 6.85. The summed E-state index contributed by atoms with van der Waals surface area (Å²) in [7, 11) is 0. The topological polar surface area (TPSA) is 12.0 Å². The van der Waals surface area contributed by atoms with E-state index in [1.54, 1.807) is 11.8 Å². The van der Waals surface area contributed by atoms with E-state index < -0.39 is 0 Å². The van der Waals surface area contributed by atoms with E-state index in [1.165, 1.54) is 10.5 Å². The zero-order valence-corrected chi connectivity index (χ0v) is 10.8. The summed E-state index contributed by atoms with van der Waals surface area (Å²) in [5, 5.41) is 3.51. The summed E-state index contributed by atoms with van der Waals surface area (Å²) < 4.78 is 0. The molecule has 0 aliphatic rings. The van der Waals surface area contributed by atoms with Crippen molar-refractivity contribution in [2.75, 3.05) is 12.8 Å². The van der Waals surface area contributed by atoms with E-state index in [9.17, 15) is 0 Å². The van der Waals surface area contributed by atoms with Crippen LogP contribution < -0.4 is 5.32 Å². The largest absolute Gasteiger partial charge is 0.309 e. The Hall–Kier alpha value is -0.910. The molecule has 2 heteroatoms. The lowest BCUT2D eigenvalue weighted by Gasteiger charge is -2.19. The first-order valence-electron chi connectivity index (χ1n) is 5.63. The Bertz CT molecular complexity index is 354. The molecule has 0 aromatic heterocycles. The number of nitrogens with one attached hydrogen (secondary N) is 1. The summed E-state index contributed by atoms with van der Waals surface area (Å²) >= 11 is 1.77. The number of hydrogen-bond acceptors (Lipinski definition) is 2. The van der Waals surface area contributed by atoms with E-state index in [-0.39, 0.29) is 6.04 Å². The van der Waals surface area contributed by atoms with Crippen molar-refractivity contribution in [2.24, 2.45) is 0 Å². The summed E-state index contributed by atoms with van der Waals surface area (Å²) in [5.41, 5.74) is 1.32. The fourth-order valence-electron chi connectivity index (χ4n) is 1.68. The van der Waals surface area contributed by atoms with Gasteiger partial charge in [0.2, 0.25) is 0 Å². The highest BCUT2D eigenvalue weighted by Gasteiger charge is 2.12. The minimum absolute atomic E-state index is 0.286. The Morgan fingerprint density at radius 1 is 1.44 bits per heavy atom. The molecule has 1 nitrogen and oxygen atoms in total. The zero-order chi connectivity index (χ0) is 11.8. The molecular weight excluding hydrogens is 214 g/mol. The van der Waals surface area contributed by atoms with Crippen LogP contribution in [0.25, 0.3) is 0 Å². The fourth-order valence-corrected chi connectivity index (χ4v) is 2.34. The van der Waals surface area contributed by atoms with E-state index in [1.807, 2.05) is 0 Å². The molecule has 0 heterocycles. The number of terminal acetylenes is 1. The third-order valence-electron chi connectivity index (χ3n) is 2.48. The minimum atomic E-state index is 0.286. The quantitative estimate of drug-likeness (QED) is 0.596. The van der Waals surface area contributed by atoms with Crippen LogP contribution in [0.1, 0.15) is 31.4 Å². The molecule has 1 aromatic carbocycles. The number of benzene rings is 1. The summed E-state index contributed by atoms with van der Waals surface area (Å²) in [6.07, 6.45) is 9.41. The van der Waals surface area contributed by atoms with E-state index in [0.717, 1.165) is 19.4 Å². The van der Waals surface area contributed by atoms with Crippen LogP contribution in [0.4, 0.5) is 0 Å². The molecule has 0 amide bonds. The molecule has 0 saturated carbocycles. The average Bonchev–Trinajstić information content (AvgIpc) is 2.34. The molecular formula is C14H19NS. The van der Waals surface area contributed by atoms with Gasteiger partial charge in [0.25, 0.3) is 0 Å². The molecule has 0 radical (unpaired) electrons. The Kier molecular flexibility index (Phi) is 6.07. The van der Waals surface area contributed by atoms with Crippen LogP contribution in [0.2, 0.25) is 0 Å². The molecule has 0 aliphatic carbocycles. The lowest BCUT2D eigenvalue weighted by atomic mass is 10.0. The molecule has 1 aromatic rings. The highest BCUT2D eigenvalue weighted by atomic mass is 32.2. The highest BCUT2D eigenvalue weighted by molar-refractivity contribution is 7.98. The van der Waals surface area contributed by atoms with Gasteiger partial charge in [-0.25, -0.2) is 0 Å². The van der Waals surface area contributed by atoms with E-state index in [4.69, 9.17) is 6.42 Å². The van der Waals surface area contributed by atoms with Gasteiger partial charge in [0.15, 0.2) is 0 Å². The summed E-state index contributed by atoms with van der Waals surface area (Å²) in [6.45, 7) is 3.18. The van der Waals surface area contributed by atoms with Crippen LogP contribution in [-0.4, -0.2) is 12.8 Å². The molecule has 0 spiro atoms. The lowest BCUT2D eigenvalue weighted by molar-refractivity contribution is 0.536. The van der Waals surface area contributed by atoms with Crippen molar-refractivity contribution in [2.45, 2.75) is 30.7 Å². The van der Waals surface area contributed by atoms with Crippen molar-refractivity contribution in [1.29, 1.82) is 0 Å². The standard InChI is InChI=1S/C14H19NS/c1-4-8-13(15-11-5-2)12-9-6-7-10-14(12)16-3/h1,6-7,9-10,13,15H,5,8,11H2,2-3H3. The second kappa shape index (κ2) is 7.38. The molecule has 1 rings (SSSR count).